The van der Waals surface area contributed by atoms with Gasteiger partial charge in [-0.05, 0) is 37.1 Å². The van der Waals surface area contributed by atoms with Gasteiger partial charge in [0.15, 0.2) is 11.5 Å². The molecule has 0 saturated carbocycles. The fraction of sp³-hybridized carbons (Fsp3) is 0.417. The third-order valence-electron chi connectivity index (χ3n) is 5.82. The molecular formula is C24H29Cl2N3O6S. The van der Waals surface area contributed by atoms with Crippen LogP contribution in [0.15, 0.2) is 36.4 Å². The Balaban J connectivity index is 1.78. The molecule has 0 saturated heterocycles. The highest BCUT2D eigenvalue weighted by atomic mass is 35.5. The second-order valence-electron chi connectivity index (χ2n) is 8.24. The number of ether oxygens (including phenoxy) is 2. The highest BCUT2D eigenvalue weighted by molar-refractivity contribution is 7.92. The standard InChI is InChI=1S/C24H29Cl2N3O6S/c1-4-20(24(31)27-2)28(14-17-18(25)7-5-8-19(17)26)23(30)9-6-12-29(36(3,32)33)16-10-11-21-22(13-16)35-15-34-21/h5,7-8,10-11,13,20H,4,6,9,12,14-15H2,1-3H3,(H,27,31)/t20-/m1/s1. The number of hydrogen-bond acceptors (Lipinski definition) is 6. The Morgan fingerprint density at radius 2 is 1.78 bits per heavy atom. The maximum Gasteiger partial charge on any atom is 0.242 e. The van der Waals surface area contributed by atoms with E-state index in [0.29, 0.717) is 39.2 Å². The molecule has 1 heterocycles. The molecule has 1 atom stereocenters. The van der Waals surface area contributed by atoms with E-state index >= 15 is 0 Å². The minimum Gasteiger partial charge on any atom is -0.454 e. The maximum absolute atomic E-state index is 13.4. The highest BCUT2D eigenvalue weighted by Gasteiger charge is 2.29. The quantitative estimate of drug-likeness (QED) is 0.450. The molecule has 3 rings (SSSR count). The second-order valence-corrected chi connectivity index (χ2v) is 11.0. The Morgan fingerprint density at radius 3 is 2.39 bits per heavy atom. The van der Waals surface area contributed by atoms with Crippen LogP contribution in [0.1, 0.15) is 31.7 Å². The molecule has 36 heavy (non-hydrogen) atoms. The lowest BCUT2D eigenvalue weighted by molar-refractivity contribution is -0.141. The number of amides is 2. The molecule has 1 aliphatic heterocycles. The van der Waals surface area contributed by atoms with E-state index in [9.17, 15) is 18.0 Å². The van der Waals surface area contributed by atoms with Crippen LogP contribution in [0, 0.1) is 0 Å². The Labute approximate surface area is 221 Å². The number of halogens is 2. The predicted molar refractivity (Wildman–Crippen MR) is 139 cm³/mol. The Morgan fingerprint density at radius 1 is 1.11 bits per heavy atom. The van der Waals surface area contributed by atoms with Crippen LogP contribution in [-0.2, 0) is 26.2 Å². The van der Waals surface area contributed by atoms with Crippen molar-refractivity contribution < 1.29 is 27.5 Å². The zero-order valence-corrected chi connectivity index (χ0v) is 22.6. The Hall–Kier alpha value is -2.69. The first-order chi connectivity index (χ1) is 17.1. The number of nitrogens with one attached hydrogen (secondary N) is 1. The average Bonchev–Trinajstić information content (AvgIpc) is 3.30. The van der Waals surface area contributed by atoms with Gasteiger partial charge < -0.3 is 19.7 Å². The monoisotopic (exact) mass is 557 g/mol. The largest absolute Gasteiger partial charge is 0.454 e. The summed E-state index contributed by atoms with van der Waals surface area (Å²) in [5, 5.41) is 3.37. The smallest absolute Gasteiger partial charge is 0.242 e. The van der Waals surface area contributed by atoms with Crippen LogP contribution in [0.25, 0.3) is 0 Å². The van der Waals surface area contributed by atoms with Crippen LogP contribution in [0.2, 0.25) is 10.0 Å². The van der Waals surface area contributed by atoms with Crippen molar-refractivity contribution in [3.05, 3.63) is 52.0 Å². The molecule has 0 bridgehead atoms. The molecule has 1 N–H and O–H groups in total. The lowest BCUT2D eigenvalue weighted by Crippen LogP contribution is -2.48. The zero-order valence-electron chi connectivity index (χ0n) is 20.3. The van der Waals surface area contributed by atoms with Crippen LogP contribution in [0.4, 0.5) is 5.69 Å². The molecule has 2 aromatic carbocycles. The van der Waals surface area contributed by atoms with E-state index in [1.54, 1.807) is 43.3 Å². The van der Waals surface area contributed by atoms with Crippen molar-refractivity contribution in [3.8, 4) is 11.5 Å². The van der Waals surface area contributed by atoms with Gasteiger partial charge in [0.05, 0.1) is 11.9 Å². The van der Waals surface area contributed by atoms with Gasteiger partial charge in [-0.25, -0.2) is 8.42 Å². The van der Waals surface area contributed by atoms with Gasteiger partial charge in [-0.2, -0.15) is 0 Å². The van der Waals surface area contributed by atoms with E-state index in [1.165, 1.54) is 16.3 Å². The second kappa shape index (κ2) is 12.0. The summed E-state index contributed by atoms with van der Waals surface area (Å²) in [5.74, 6) is 0.361. The molecule has 9 nitrogen and oxygen atoms in total. The summed E-state index contributed by atoms with van der Waals surface area (Å²) < 4.78 is 36.9. The van der Waals surface area contributed by atoms with Crippen molar-refractivity contribution >= 4 is 50.7 Å². The molecule has 0 aromatic heterocycles. The van der Waals surface area contributed by atoms with Crippen LogP contribution in [-0.4, -0.2) is 57.8 Å². The third kappa shape index (κ3) is 6.54. The first-order valence-corrected chi connectivity index (χ1v) is 14.0. The molecular weight excluding hydrogens is 529 g/mol. The van der Waals surface area contributed by atoms with E-state index in [2.05, 4.69) is 5.32 Å². The first kappa shape index (κ1) is 27.9. The van der Waals surface area contributed by atoms with Gasteiger partial charge in [-0.15, -0.1) is 0 Å². The summed E-state index contributed by atoms with van der Waals surface area (Å²) in [6, 6.07) is 9.16. The van der Waals surface area contributed by atoms with E-state index in [-0.39, 0.29) is 44.5 Å². The number of sulfonamides is 1. The average molecular weight is 558 g/mol. The molecule has 0 fully saturated rings. The van der Waals surface area contributed by atoms with Crippen LogP contribution < -0.4 is 19.1 Å². The van der Waals surface area contributed by atoms with E-state index in [0.717, 1.165) is 6.26 Å². The number of carbonyl (C=O) groups excluding carboxylic acids is 2. The molecule has 12 heteroatoms. The SMILES string of the molecule is CC[C@H](C(=O)NC)N(Cc1c(Cl)cccc1Cl)C(=O)CCCN(c1ccc2c(c1)OCO2)S(C)(=O)=O. The molecule has 0 spiro atoms. The van der Waals surface area contributed by atoms with Crippen molar-refractivity contribution in [2.45, 2.75) is 38.8 Å². The van der Waals surface area contributed by atoms with Gasteiger partial charge in [-0.1, -0.05) is 36.2 Å². The van der Waals surface area contributed by atoms with Gasteiger partial charge in [-0.3, -0.25) is 13.9 Å². The van der Waals surface area contributed by atoms with Crippen LogP contribution in [0.3, 0.4) is 0 Å². The fourth-order valence-electron chi connectivity index (χ4n) is 3.98. The first-order valence-electron chi connectivity index (χ1n) is 11.4. The number of carbonyl (C=O) groups is 2. The van der Waals surface area contributed by atoms with Gasteiger partial charge in [0.25, 0.3) is 0 Å². The number of likely N-dealkylation sites (N-methyl/N-ethyl adjacent to an activating group) is 1. The van der Waals surface area contributed by atoms with Crippen LogP contribution in [0.5, 0.6) is 11.5 Å². The summed E-state index contributed by atoms with van der Waals surface area (Å²) in [6.45, 7) is 1.98. The van der Waals surface area contributed by atoms with E-state index in [4.69, 9.17) is 32.7 Å². The van der Waals surface area contributed by atoms with Crippen LogP contribution >= 0.6 is 23.2 Å². The zero-order chi connectivity index (χ0) is 26.5. The molecule has 2 amide bonds. The number of fused-ring (bicyclic) bond motifs is 1. The fourth-order valence-corrected chi connectivity index (χ4v) is 5.46. The topological polar surface area (TPSA) is 105 Å². The van der Waals surface area contributed by atoms with Crippen molar-refractivity contribution in [3.63, 3.8) is 0 Å². The highest BCUT2D eigenvalue weighted by Crippen LogP contribution is 2.36. The summed E-state index contributed by atoms with van der Waals surface area (Å²) in [6.07, 6.45) is 1.70. The Kier molecular flexibility index (Phi) is 9.32. The lowest BCUT2D eigenvalue weighted by Gasteiger charge is -2.31. The third-order valence-corrected chi connectivity index (χ3v) is 7.72. The van der Waals surface area contributed by atoms with E-state index < -0.39 is 16.1 Å². The molecule has 0 radical (unpaired) electrons. The van der Waals surface area contributed by atoms with Gasteiger partial charge >= 0.3 is 0 Å². The predicted octanol–water partition coefficient (Wildman–Crippen LogP) is 3.82. The normalized spacial score (nSPS) is 13.2. The summed E-state index contributed by atoms with van der Waals surface area (Å²) >= 11 is 12.7. The molecule has 0 aliphatic carbocycles. The summed E-state index contributed by atoms with van der Waals surface area (Å²) in [4.78, 5) is 27.4. The van der Waals surface area contributed by atoms with Crippen molar-refractivity contribution in [2.75, 3.05) is 30.9 Å². The summed E-state index contributed by atoms with van der Waals surface area (Å²) in [5.41, 5.74) is 0.945. The maximum atomic E-state index is 13.4. The van der Waals surface area contributed by atoms with Crippen molar-refractivity contribution in [2.24, 2.45) is 0 Å². The van der Waals surface area contributed by atoms with Crippen molar-refractivity contribution in [1.29, 1.82) is 0 Å². The van der Waals surface area contributed by atoms with Crippen molar-refractivity contribution in [1.82, 2.24) is 10.2 Å². The molecule has 0 unspecified atom stereocenters. The lowest BCUT2D eigenvalue weighted by atomic mass is 10.1. The van der Waals surface area contributed by atoms with E-state index in [1.807, 2.05) is 0 Å². The Bertz CT molecular complexity index is 1200. The number of benzene rings is 2. The van der Waals surface area contributed by atoms with Gasteiger partial charge in [0, 0.05) is 48.2 Å². The minimum absolute atomic E-state index is 0.00609. The van der Waals surface area contributed by atoms with Gasteiger partial charge in [0.2, 0.25) is 28.6 Å². The number of nitrogens with zero attached hydrogens (tertiary/aromatic N) is 2. The minimum atomic E-state index is -3.64. The molecule has 1 aliphatic rings. The molecule has 2 aromatic rings. The summed E-state index contributed by atoms with van der Waals surface area (Å²) in [7, 11) is -2.13. The van der Waals surface area contributed by atoms with Gasteiger partial charge in [0.1, 0.15) is 6.04 Å². The number of anilines is 1. The number of rotatable bonds is 11. The number of hydrogen-bond donors (Lipinski definition) is 1. The molecule has 196 valence electrons.